The molecule has 7 nitrogen and oxygen atoms in total. The summed E-state index contributed by atoms with van der Waals surface area (Å²) in [4.78, 5) is 32.1. The molecule has 1 aromatic rings. The molecule has 0 atom stereocenters. The van der Waals surface area contributed by atoms with Gasteiger partial charge in [0.2, 0.25) is 5.91 Å². The maximum absolute atomic E-state index is 11.5. The van der Waals surface area contributed by atoms with Crippen LogP contribution in [0.15, 0.2) is 18.2 Å². The highest BCUT2D eigenvalue weighted by atomic mass is 16.6. The first-order valence-corrected chi connectivity index (χ1v) is 6.13. The average molecular weight is 280 g/mol. The molecule has 0 saturated carbocycles. The number of hydrogen-bond donors (Lipinski definition) is 2. The van der Waals surface area contributed by atoms with E-state index >= 15 is 0 Å². The van der Waals surface area contributed by atoms with Gasteiger partial charge in [0.25, 0.3) is 5.69 Å². The topological polar surface area (TPSA) is 110 Å². The fourth-order valence-corrected chi connectivity index (χ4v) is 1.74. The highest BCUT2D eigenvalue weighted by Gasteiger charge is 2.13. The van der Waals surface area contributed by atoms with Crippen LogP contribution in [0.25, 0.3) is 0 Å². The molecular weight excluding hydrogens is 264 g/mol. The summed E-state index contributed by atoms with van der Waals surface area (Å²) >= 11 is 0. The molecule has 1 aromatic carbocycles. The number of carbonyl (C=O) groups is 2. The molecule has 108 valence electrons. The summed E-state index contributed by atoms with van der Waals surface area (Å²) in [6.45, 7) is 1.82. The van der Waals surface area contributed by atoms with E-state index in [2.05, 4.69) is 5.32 Å². The largest absolute Gasteiger partial charge is 0.481 e. The molecule has 0 aliphatic heterocycles. The minimum absolute atomic E-state index is 0.0163. The standard InChI is InChI=1S/C13H16N2O5/c1-9-10(4-2-5-11(9)15(19)20)8-14-12(16)6-3-7-13(17)18/h2,4-5H,3,6-8H2,1H3,(H,14,16)(H,17,18). The Morgan fingerprint density at radius 3 is 2.65 bits per heavy atom. The molecule has 0 unspecified atom stereocenters. The number of amides is 1. The summed E-state index contributed by atoms with van der Waals surface area (Å²) in [5.41, 5.74) is 1.21. The van der Waals surface area contributed by atoms with E-state index in [-0.39, 0.29) is 37.4 Å². The number of benzene rings is 1. The molecule has 1 rings (SSSR count). The Kier molecular flexibility index (Phi) is 5.64. The van der Waals surface area contributed by atoms with Crippen molar-refractivity contribution in [3.8, 4) is 0 Å². The molecule has 0 radical (unpaired) electrons. The summed E-state index contributed by atoms with van der Waals surface area (Å²) < 4.78 is 0. The van der Waals surface area contributed by atoms with E-state index in [0.717, 1.165) is 0 Å². The lowest BCUT2D eigenvalue weighted by molar-refractivity contribution is -0.385. The van der Waals surface area contributed by atoms with Gasteiger partial charge in [-0.2, -0.15) is 0 Å². The Balaban J connectivity index is 2.53. The molecule has 0 aromatic heterocycles. The molecule has 0 spiro atoms. The van der Waals surface area contributed by atoms with Gasteiger partial charge in [-0.1, -0.05) is 12.1 Å². The van der Waals surface area contributed by atoms with E-state index < -0.39 is 10.9 Å². The van der Waals surface area contributed by atoms with Gasteiger partial charge in [0, 0.05) is 31.0 Å². The SMILES string of the molecule is Cc1c(CNC(=O)CCCC(=O)O)cccc1[N+](=O)[O-]. The van der Waals surface area contributed by atoms with Crippen LogP contribution in [0.1, 0.15) is 30.4 Å². The van der Waals surface area contributed by atoms with Gasteiger partial charge in [0.15, 0.2) is 0 Å². The van der Waals surface area contributed by atoms with Crippen LogP contribution in [-0.2, 0) is 16.1 Å². The van der Waals surface area contributed by atoms with Crippen molar-refractivity contribution in [3.63, 3.8) is 0 Å². The lowest BCUT2D eigenvalue weighted by Crippen LogP contribution is -2.23. The zero-order valence-corrected chi connectivity index (χ0v) is 11.1. The first-order chi connectivity index (χ1) is 9.41. The van der Waals surface area contributed by atoms with Gasteiger partial charge in [0.1, 0.15) is 0 Å². The van der Waals surface area contributed by atoms with Crippen LogP contribution in [0.5, 0.6) is 0 Å². The third-order valence-corrected chi connectivity index (χ3v) is 2.88. The van der Waals surface area contributed by atoms with Gasteiger partial charge in [0.05, 0.1) is 4.92 Å². The predicted molar refractivity (Wildman–Crippen MR) is 71.2 cm³/mol. The molecule has 0 fully saturated rings. The van der Waals surface area contributed by atoms with E-state index in [0.29, 0.717) is 11.1 Å². The summed E-state index contributed by atoms with van der Waals surface area (Å²) in [5.74, 6) is -1.20. The molecule has 7 heteroatoms. The molecule has 1 amide bonds. The van der Waals surface area contributed by atoms with Crippen LogP contribution in [-0.4, -0.2) is 21.9 Å². The van der Waals surface area contributed by atoms with Gasteiger partial charge < -0.3 is 10.4 Å². The fourth-order valence-electron chi connectivity index (χ4n) is 1.74. The molecule has 2 N–H and O–H groups in total. The quantitative estimate of drug-likeness (QED) is 0.584. The number of carboxylic acid groups (broad SMARTS) is 1. The zero-order chi connectivity index (χ0) is 15.1. The molecule has 0 saturated heterocycles. The number of carboxylic acids is 1. The number of nitrogens with zero attached hydrogens (tertiary/aromatic N) is 1. The van der Waals surface area contributed by atoms with Crippen LogP contribution < -0.4 is 5.32 Å². The summed E-state index contributed by atoms with van der Waals surface area (Å²) in [5, 5.41) is 21.9. The number of hydrogen-bond acceptors (Lipinski definition) is 4. The van der Waals surface area contributed by atoms with Crippen molar-refractivity contribution in [3.05, 3.63) is 39.4 Å². The maximum atomic E-state index is 11.5. The Morgan fingerprint density at radius 1 is 1.35 bits per heavy atom. The van der Waals surface area contributed by atoms with Crippen molar-refractivity contribution in [2.75, 3.05) is 0 Å². The lowest BCUT2D eigenvalue weighted by Gasteiger charge is -2.08. The lowest BCUT2D eigenvalue weighted by atomic mass is 10.1. The van der Waals surface area contributed by atoms with Crippen LogP contribution >= 0.6 is 0 Å². The van der Waals surface area contributed by atoms with Gasteiger partial charge >= 0.3 is 5.97 Å². The number of carbonyl (C=O) groups excluding carboxylic acids is 1. The predicted octanol–water partition coefficient (Wildman–Crippen LogP) is 1.77. The van der Waals surface area contributed by atoms with Crippen molar-refractivity contribution in [1.82, 2.24) is 5.32 Å². The highest BCUT2D eigenvalue weighted by molar-refractivity contribution is 5.76. The van der Waals surface area contributed by atoms with Gasteiger partial charge in [-0.05, 0) is 18.9 Å². The van der Waals surface area contributed by atoms with E-state index in [9.17, 15) is 19.7 Å². The fraction of sp³-hybridized carbons (Fsp3) is 0.385. The second kappa shape index (κ2) is 7.22. The molecule has 0 bridgehead atoms. The number of rotatable bonds is 7. The summed E-state index contributed by atoms with van der Waals surface area (Å²) in [6, 6.07) is 4.68. The minimum atomic E-state index is -0.938. The first-order valence-electron chi connectivity index (χ1n) is 6.13. The van der Waals surface area contributed by atoms with Gasteiger partial charge in [-0.25, -0.2) is 0 Å². The zero-order valence-electron chi connectivity index (χ0n) is 11.1. The van der Waals surface area contributed by atoms with Gasteiger partial charge in [-0.15, -0.1) is 0 Å². The Morgan fingerprint density at radius 2 is 2.05 bits per heavy atom. The third-order valence-electron chi connectivity index (χ3n) is 2.88. The highest BCUT2D eigenvalue weighted by Crippen LogP contribution is 2.20. The van der Waals surface area contributed by atoms with Gasteiger partial charge in [-0.3, -0.25) is 19.7 Å². The molecule has 0 aliphatic carbocycles. The summed E-state index contributed by atoms with van der Waals surface area (Å²) in [7, 11) is 0. The van der Waals surface area contributed by atoms with Crippen LogP contribution in [0.2, 0.25) is 0 Å². The van der Waals surface area contributed by atoms with Crippen molar-refractivity contribution < 1.29 is 19.6 Å². The van der Waals surface area contributed by atoms with Crippen molar-refractivity contribution >= 4 is 17.6 Å². The minimum Gasteiger partial charge on any atom is -0.481 e. The Labute approximate surface area is 115 Å². The van der Waals surface area contributed by atoms with E-state index in [1.807, 2.05) is 0 Å². The second-order valence-electron chi connectivity index (χ2n) is 4.34. The second-order valence-corrected chi connectivity index (χ2v) is 4.34. The molecule has 20 heavy (non-hydrogen) atoms. The Hall–Kier alpha value is -2.44. The third kappa shape index (κ3) is 4.68. The monoisotopic (exact) mass is 280 g/mol. The number of aliphatic carboxylic acids is 1. The molecule has 0 aliphatic rings. The first kappa shape index (κ1) is 15.6. The number of nitro groups is 1. The molecule has 0 heterocycles. The van der Waals surface area contributed by atoms with Crippen LogP contribution in [0.3, 0.4) is 0 Å². The van der Waals surface area contributed by atoms with Crippen LogP contribution in [0, 0.1) is 17.0 Å². The van der Waals surface area contributed by atoms with Crippen molar-refractivity contribution in [2.45, 2.75) is 32.7 Å². The van der Waals surface area contributed by atoms with Crippen LogP contribution in [0.4, 0.5) is 5.69 Å². The molecular formula is C13H16N2O5. The van der Waals surface area contributed by atoms with E-state index in [1.165, 1.54) is 6.07 Å². The number of nitro benzene ring substituents is 1. The van der Waals surface area contributed by atoms with Crippen molar-refractivity contribution in [1.29, 1.82) is 0 Å². The Bertz CT molecular complexity index is 527. The summed E-state index contributed by atoms with van der Waals surface area (Å²) in [6.07, 6.45) is 0.346. The maximum Gasteiger partial charge on any atom is 0.303 e. The van der Waals surface area contributed by atoms with E-state index in [4.69, 9.17) is 5.11 Å². The van der Waals surface area contributed by atoms with E-state index in [1.54, 1.807) is 19.1 Å². The number of nitrogens with one attached hydrogen (secondary N) is 1. The normalized spacial score (nSPS) is 10.1. The van der Waals surface area contributed by atoms with Crippen molar-refractivity contribution in [2.24, 2.45) is 0 Å². The smallest absolute Gasteiger partial charge is 0.303 e. The average Bonchev–Trinajstić information content (AvgIpc) is 2.36.